The summed E-state index contributed by atoms with van der Waals surface area (Å²) in [6.07, 6.45) is -43.1. The Hall–Kier alpha value is -1.20. The molecule has 7 aliphatic heterocycles. The minimum atomic E-state index is -2.11. The molecule has 1 spiro atoms. The zero-order valence-electron chi connectivity index (χ0n) is 54.8. The van der Waals surface area contributed by atoms with Crippen molar-refractivity contribution in [2.45, 2.75) is 309 Å². The maximum atomic E-state index is 12.8. The molecule has 5 saturated carbocycles. The van der Waals surface area contributed by atoms with Crippen LogP contribution < -0.4 is 0 Å². The van der Waals surface area contributed by atoms with E-state index in [1.807, 2.05) is 0 Å². The lowest BCUT2D eigenvalue weighted by Crippen LogP contribution is -2.74. The highest BCUT2D eigenvalue weighted by molar-refractivity contribution is 5.28. The second-order valence-electron chi connectivity index (χ2n) is 31.8. The molecule has 94 heavy (non-hydrogen) atoms. The maximum Gasteiger partial charge on any atom is 0.187 e. The van der Waals surface area contributed by atoms with Gasteiger partial charge in [-0.2, -0.15) is 0 Å². The summed E-state index contributed by atoms with van der Waals surface area (Å²) in [6, 6.07) is 0. The number of aliphatic hydroxyl groups is 17. The number of hydrogen-bond donors (Lipinski definition) is 17. The van der Waals surface area contributed by atoms with Crippen molar-refractivity contribution >= 4 is 0 Å². The highest BCUT2D eigenvalue weighted by Crippen LogP contribution is 2.80. The third-order valence-electron chi connectivity index (χ3n) is 26.0. The normalized spacial score (nSPS) is 57.2. The molecule has 0 aromatic heterocycles. The first-order valence-corrected chi connectivity index (χ1v) is 34.0. The van der Waals surface area contributed by atoms with Gasteiger partial charge in [0.05, 0.1) is 63.6 Å². The molecule has 17 N–H and O–H groups in total. The fourth-order valence-corrected chi connectivity index (χ4v) is 20.3. The summed E-state index contributed by atoms with van der Waals surface area (Å²) in [5, 5.41) is 189. The summed E-state index contributed by atoms with van der Waals surface area (Å²) in [6.45, 7) is 14.4. The van der Waals surface area contributed by atoms with Crippen LogP contribution in [0.3, 0.4) is 0 Å². The quantitative estimate of drug-likeness (QED) is 0.0689. The Labute approximate surface area is 546 Å². The summed E-state index contributed by atoms with van der Waals surface area (Å²) in [4.78, 5) is 0. The second kappa shape index (κ2) is 26.6. The molecule has 0 amide bonds. The molecule has 12 rings (SSSR count). The molecule has 0 aromatic carbocycles. The highest BCUT2D eigenvalue weighted by Gasteiger charge is 2.80. The van der Waals surface area contributed by atoms with Crippen molar-refractivity contribution in [3.8, 4) is 0 Å². The monoisotopic (exact) mass is 1350 g/mol. The van der Waals surface area contributed by atoms with Crippen molar-refractivity contribution in [2.75, 3.05) is 39.6 Å². The molecule has 12 fully saturated rings. The molecule has 30 nitrogen and oxygen atoms in total. The van der Waals surface area contributed by atoms with Gasteiger partial charge in [-0.1, -0.05) is 48.5 Å². The molecule has 0 aromatic rings. The fourth-order valence-electron chi connectivity index (χ4n) is 20.3. The van der Waals surface area contributed by atoms with Crippen LogP contribution in [0.1, 0.15) is 120 Å². The van der Waals surface area contributed by atoms with Crippen LogP contribution in [0, 0.1) is 50.2 Å². The van der Waals surface area contributed by atoms with Crippen LogP contribution in [-0.2, 0) is 61.6 Å². The second-order valence-corrected chi connectivity index (χ2v) is 31.8. The predicted molar refractivity (Wildman–Crippen MR) is 314 cm³/mol. The van der Waals surface area contributed by atoms with Crippen molar-refractivity contribution in [3.63, 3.8) is 0 Å². The summed E-state index contributed by atoms with van der Waals surface area (Å²) in [5.41, 5.74) is -1.79. The third kappa shape index (κ3) is 11.6. The standard InChI is InChI=1S/C64H106O30/c1-25-36(70)41(75)44(78)53(85-25)92-49-39(73)29(21-67)88-57(51(49)94-52-47(81)48(26(68)22-82-52)91-54-45(79)42(76)37(71)27(19-65)86-54)89-30-23-83-56(50(40(30)74)93-55-46(80)43(77)38(72)28(20-66)87-55)90-35-11-12-60(6)31(59(35,4)5)9-13-61(7)32(60)10-14-64-33-17-58(2,3)15-16-63(33,24-84-64)34(69)18-62(61,64)8/h25-57,65-81H,9-24H2,1-8H3/t25-,26+,27+,28+,29+,30-,31-,32+,33+,34+,35-,36-,37+,38+,39+,40-,41+,42-,43-,44+,45+,46+,47+,48-,49-,50+,51+,52-,53-,54-,55-,56-,57-,60-,61+,62-,63+,64-/m0/s1. The molecule has 38 atom stereocenters. The van der Waals surface area contributed by atoms with Gasteiger partial charge in [0.2, 0.25) is 0 Å². The van der Waals surface area contributed by atoms with Crippen LogP contribution in [0.2, 0.25) is 0 Å². The zero-order chi connectivity index (χ0) is 68.1. The molecule has 7 saturated heterocycles. The topological polar surface area (TPSA) is 464 Å². The number of ether oxygens (including phenoxy) is 13. The molecule has 2 bridgehead atoms. The van der Waals surface area contributed by atoms with E-state index in [1.165, 1.54) is 6.92 Å². The van der Waals surface area contributed by atoms with Crippen LogP contribution in [0.25, 0.3) is 0 Å². The Morgan fingerprint density at radius 3 is 1.59 bits per heavy atom. The maximum absolute atomic E-state index is 12.8. The van der Waals surface area contributed by atoms with Gasteiger partial charge in [-0.15, -0.1) is 0 Å². The Kier molecular flexibility index (Phi) is 20.5. The van der Waals surface area contributed by atoms with Gasteiger partial charge in [-0.3, -0.25) is 0 Å². The lowest BCUT2D eigenvalue weighted by molar-refractivity contribution is -0.407. The first-order valence-electron chi connectivity index (χ1n) is 34.0. The van der Waals surface area contributed by atoms with E-state index in [1.54, 1.807) is 0 Å². The molecular formula is C64H106O30. The largest absolute Gasteiger partial charge is 0.394 e. The summed E-state index contributed by atoms with van der Waals surface area (Å²) >= 11 is 0. The Balaban J connectivity index is 0.823. The summed E-state index contributed by atoms with van der Waals surface area (Å²) < 4.78 is 81.2. The van der Waals surface area contributed by atoms with E-state index >= 15 is 0 Å². The Morgan fingerprint density at radius 2 is 0.957 bits per heavy atom. The SMILES string of the molecule is C[C@@H]1O[C@@H](O[C@H]2[C@H](O)[C@@H](CO)O[C@@H](O[C@H]3CO[C@@H](O[C@H]4CC[C@]5(C)[C@H]6CC[C@]78OC[C@@]9(CCC(C)(C)C[C@H]97)[C@H](O)C[C@@]8(C)[C@]6(C)CC[C@H]5C4(C)C)[C@H](O[C@@H]4O[C@H](CO)[C@@H](O)[C@H](O)[C@H]4O)[C@H]3O)[C@@H]2O[C@@H]2OC[C@@H](O)[C@H](O[C@@H]3O[C@H](CO)[C@@H](O)[C@H](O)[C@H]3O)[C@H]2O)[C@H](O)[C@H](O)[C@H]1O. The molecule has 12 aliphatic rings. The van der Waals surface area contributed by atoms with Gasteiger partial charge >= 0.3 is 0 Å². The molecule has 5 aliphatic carbocycles. The number of hydrogen-bond acceptors (Lipinski definition) is 30. The van der Waals surface area contributed by atoms with Crippen molar-refractivity contribution in [2.24, 2.45) is 50.2 Å². The van der Waals surface area contributed by atoms with E-state index in [9.17, 15) is 86.8 Å². The van der Waals surface area contributed by atoms with Gasteiger partial charge in [-0.05, 0) is 111 Å². The van der Waals surface area contributed by atoms with Crippen LogP contribution in [-0.4, -0.2) is 316 Å². The average molecular weight is 1360 g/mol. The van der Waals surface area contributed by atoms with Gasteiger partial charge in [0, 0.05) is 10.8 Å². The Bertz CT molecular complexity index is 2590. The predicted octanol–water partition coefficient (Wildman–Crippen LogP) is -4.40. The van der Waals surface area contributed by atoms with E-state index < -0.39 is 223 Å². The van der Waals surface area contributed by atoms with E-state index in [0.717, 1.165) is 51.4 Å². The van der Waals surface area contributed by atoms with Gasteiger partial charge in [-0.25, -0.2) is 0 Å². The summed E-state index contributed by atoms with van der Waals surface area (Å²) in [5.74, 6) is 0.585. The van der Waals surface area contributed by atoms with Gasteiger partial charge in [0.15, 0.2) is 37.7 Å². The smallest absolute Gasteiger partial charge is 0.187 e. The van der Waals surface area contributed by atoms with Gasteiger partial charge in [0.25, 0.3) is 0 Å². The minimum Gasteiger partial charge on any atom is -0.394 e. The zero-order valence-corrected chi connectivity index (χ0v) is 54.8. The summed E-state index contributed by atoms with van der Waals surface area (Å²) in [7, 11) is 0. The van der Waals surface area contributed by atoms with E-state index in [2.05, 4.69) is 48.5 Å². The molecule has 542 valence electrons. The minimum absolute atomic E-state index is 0.0844. The van der Waals surface area contributed by atoms with Crippen LogP contribution in [0.15, 0.2) is 0 Å². The van der Waals surface area contributed by atoms with E-state index in [0.29, 0.717) is 19.4 Å². The van der Waals surface area contributed by atoms with Crippen LogP contribution in [0.4, 0.5) is 0 Å². The van der Waals surface area contributed by atoms with Crippen molar-refractivity contribution in [3.05, 3.63) is 0 Å². The molecule has 0 radical (unpaired) electrons. The number of aliphatic hydroxyl groups excluding tert-OH is 17. The molecule has 0 unspecified atom stereocenters. The molecule has 30 heteroatoms. The highest BCUT2D eigenvalue weighted by atomic mass is 16.8. The van der Waals surface area contributed by atoms with E-state index in [4.69, 9.17) is 61.6 Å². The fraction of sp³-hybridized carbons (Fsp3) is 1.00. The van der Waals surface area contributed by atoms with Crippen LogP contribution in [0.5, 0.6) is 0 Å². The average Bonchev–Trinajstić information content (AvgIpc) is 1.33. The van der Waals surface area contributed by atoms with Crippen LogP contribution >= 0.6 is 0 Å². The first-order chi connectivity index (χ1) is 44.2. The Morgan fingerprint density at radius 1 is 0.415 bits per heavy atom. The van der Waals surface area contributed by atoms with Crippen molar-refractivity contribution < 1.29 is 148 Å². The lowest BCUT2D eigenvalue weighted by Gasteiger charge is -2.75. The van der Waals surface area contributed by atoms with Gasteiger partial charge in [0.1, 0.15) is 128 Å². The number of rotatable bonds is 15. The van der Waals surface area contributed by atoms with Gasteiger partial charge < -0.3 is 148 Å². The lowest BCUT2D eigenvalue weighted by atomic mass is 9.30. The first kappa shape index (κ1) is 72.6. The number of fused-ring (bicyclic) bond motifs is 4. The van der Waals surface area contributed by atoms with Crippen molar-refractivity contribution in [1.82, 2.24) is 0 Å². The molecule has 7 heterocycles. The molecular weight excluding hydrogens is 1250 g/mol. The van der Waals surface area contributed by atoms with Crippen molar-refractivity contribution in [1.29, 1.82) is 0 Å². The third-order valence-corrected chi connectivity index (χ3v) is 26.0. The van der Waals surface area contributed by atoms with E-state index in [-0.39, 0.29) is 50.4 Å².